The van der Waals surface area contributed by atoms with Crippen LogP contribution in [0.5, 0.6) is 0 Å². The van der Waals surface area contributed by atoms with E-state index in [1.165, 1.54) is 4.90 Å². The molecule has 4 amide bonds. The third kappa shape index (κ3) is 9.38. The molecule has 0 aromatic carbocycles. The van der Waals surface area contributed by atoms with Gasteiger partial charge in [0.1, 0.15) is 0 Å². The number of nitrogens with two attached hydrogens (primary N) is 2. The van der Waals surface area contributed by atoms with Gasteiger partial charge in [0.15, 0.2) is 0 Å². The Kier molecular flexibility index (Phi) is 11.4. The zero-order valence-corrected chi connectivity index (χ0v) is 15.3. The van der Waals surface area contributed by atoms with Gasteiger partial charge in [0.05, 0.1) is 0 Å². The molecule has 0 radical (unpaired) electrons. The summed E-state index contributed by atoms with van der Waals surface area (Å²) < 4.78 is 17.3. The maximum absolute atomic E-state index is 11.4. The molecule has 9 nitrogen and oxygen atoms in total. The van der Waals surface area contributed by atoms with Crippen LogP contribution in [-0.4, -0.2) is 65.2 Å². The topological polar surface area (TPSA) is 129 Å². The van der Waals surface area contributed by atoms with E-state index in [-0.39, 0.29) is 6.54 Å². The number of carbonyl (C=O) groups is 2. The minimum atomic E-state index is -2.71. The van der Waals surface area contributed by atoms with Crippen molar-refractivity contribution in [3.05, 3.63) is 0 Å². The predicted octanol–water partition coefficient (Wildman–Crippen LogP) is 0.474. The van der Waals surface area contributed by atoms with Crippen LogP contribution in [0.15, 0.2) is 0 Å². The second kappa shape index (κ2) is 12.1. The smallest absolute Gasteiger partial charge is 0.374 e. The van der Waals surface area contributed by atoms with Gasteiger partial charge in [0.25, 0.3) is 0 Å². The summed E-state index contributed by atoms with van der Waals surface area (Å²) in [5.74, 6) is 0. The molecule has 10 heteroatoms. The molecule has 0 saturated carbocycles. The highest BCUT2D eigenvalue weighted by Gasteiger charge is 2.39. The van der Waals surface area contributed by atoms with Crippen LogP contribution < -0.4 is 16.8 Å². The number of urea groups is 2. The summed E-state index contributed by atoms with van der Waals surface area (Å²) in [6.07, 6.45) is 0.631. The van der Waals surface area contributed by atoms with Crippen LogP contribution in [0.4, 0.5) is 9.59 Å². The quantitative estimate of drug-likeness (QED) is 0.416. The number of hydrogen-bond acceptors (Lipinski definition) is 5. The number of amides is 4. The highest BCUT2D eigenvalue weighted by Crippen LogP contribution is 2.18. The zero-order chi connectivity index (χ0) is 17.7. The first kappa shape index (κ1) is 21.6. The molecular weight excluding hydrogens is 320 g/mol. The SMILES string of the molecule is CCO[Si](CCCN(CCNC(N)=O)C(N)=O)(OCC)OCC. The first-order valence-corrected chi connectivity index (χ1v) is 9.83. The largest absolute Gasteiger partial charge is 0.500 e. The molecule has 23 heavy (non-hydrogen) atoms. The van der Waals surface area contributed by atoms with Crippen molar-refractivity contribution in [2.24, 2.45) is 11.5 Å². The van der Waals surface area contributed by atoms with Crippen molar-refractivity contribution in [3.8, 4) is 0 Å². The number of primary amides is 2. The number of nitrogens with zero attached hydrogens (tertiary/aromatic N) is 1. The van der Waals surface area contributed by atoms with E-state index in [9.17, 15) is 9.59 Å². The summed E-state index contributed by atoms with van der Waals surface area (Å²) in [5.41, 5.74) is 10.3. The number of rotatable bonds is 13. The highest BCUT2D eigenvalue weighted by atomic mass is 28.4. The molecule has 0 bridgehead atoms. The second-order valence-corrected chi connectivity index (χ2v) is 7.43. The molecule has 0 rings (SSSR count). The van der Waals surface area contributed by atoms with E-state index in [0.717, 1.165) is 0 Å². The van der Waals surface area contributed by atoms with E-state index in [4.69, 9.17) is 24.7 Å². The standard InChI is InChI=1S/C13H30N4O5Si/c1-4-20-23(21-5-2,22-6-3)11-7-9-17(13(15)19)10-8-16-12(14)18/h4-11H2,1-3H3,(H2,15,19)(H3,14,16,18). The van der Waals surface area contributed by atoms with E-state index in [2.05, 4.69) is 5.32 Å². The summed E-state index contributed by atoms with van der Waals surface area (Å²) >= 11 is 0. The summed E-state index contributed by atoms with van der Waals surface area (Å²) in [5, 5.41) is 2.42. The summed E-state index contributed by atoms with van der Waals surface area (Å²) in [6.45, 7) is 8.18. The third-order valence-corrected chi connectivity index (χ3v) is 6.15. The normalized spacial score (nSPS) is 11.3. The first-order chi connectivity index (χ1) is 10.9. The Hall–Kier alpha value is -1.36. The van der Waals surface area contributed by atoms with Crippen LogP contribution in [0.25, 0.3) is 0 Å². The Bertz CT molecular complexity index is 342. The van der Waals surface area contributed by atoms with Gasteiger partial charge in [-0.25, -0.2) is 9.59 Å². The Morgan fingerprint density at radius 2 is 1.52 bits per heavy atom. The van der Waals surface area contributed by atoms with Gasteiger partial charge in [-0.3, -0.25) is 0 Å². The molecule has 0 aromatic rings. The van der Waals surface area contributed by atoms with Crippen molar-refractivity contribution in [1.29, 1.82) is 0 Å². The molecule has 136 valence electrons. The monoisotopic (exact) mass is 350 g/mol. The van der Waals surface area contributed by atoms with Crippen molar-refractivity contribution in [3.63, 3.8) is 0 Å². The molecule has 0 heterocycles. The zero-order valence-electron chi connectivity index (χ0n) is 14.3. The molecule has 0 atom stereocenters. The van der Waals surface area contributed by atoms with Gasteiger partial charge < -0.3 is 35.0 Å². The average molecular weight is 350 g/mol. The van der Waals surface area contributed by atoms with Crippen molar-refractivity contribution in [2.75, 3.05) is 39.5 Å². The van der Waals surface area contributed by atoms with Gasteiger partial charge >= 0.3 is 20.9 Å². The molecular formula is C13H30N4O5Si. The van der Waals surface area contributed by atoms with E-state index >= 15 is 0 Å². The molecule has 0 fully saturated rings. The van der Waals surface area contributed by atoms with Crippen LogP contribution in [-0.2, 0) is 13.3 Å². The lowest BCUT2D eigenvalue weighted by Crippen LogP contribution is -2.47. The van der Waals surface area contributed by atoms with Crippen molar-refractivity contribution >= 4 is 20.9 Å². The fourth-order valence-electron chi connectivity index (χ4n) is 2.13. The average Bonchev–Trinajstić information content (AvgIpc) is 2.46. The van der Waals surface area contributed by atoms with E-state index < -0.39 is 20.9 Å². The Morgan fingerprint density at radius 3 is 1.91 bits per heavy atom. The first-order valence-electron chi connectivity index (χ1n) is 7.90. The van der Waals surface area contributed by atoms with Crippen LogP contribution in [0, 0.1) is 0 Å². The van der Waals surface area contributed by atoms with Gasteiger partial charge in [-0.05, 0) is 27.2 Å². The predicted molar refractivity (Wildman–Crippen MR) is 88.8 cm³/mol. The lowest BCUT2D eigenvalue weighted by atomic mass is 10.4. The van der Waals surface area contributed by atoms with Gasteiger partial charge in [0.2, 0.25) is 0 Å². The molecule has 0 aliphatic carbocycles. The Balaban J connectivity index is 4.49. The van der Waals surface area contributed by atoms with Gasteiger partial charge in [-0.2, -0.15) is 0 Å². The van der Waals surface area contributed by atoms with Crippen molar-refractivity contribution in [2.45, 2.75) is 33.2 Å². The summed E-state index contributed by atoms with van der Waals surface area (Å²) in [7, 11) is -2.71. The van der Waals surface area contributed by atoms with Gasteiger partial charge in [0, 0.05) is 45.5 Å². The molecule has 0 spiro atoms. The van der Waals surface area contributed by atoms with Crippen LogP contribution in [0.1, 0.15) is 27.2 Å². The number of nitrogens with one attached hydrogen (secondary N) is 1. The molecule has 0 aliphatic rings. The molecule has 5 N–H and O–H groups in total. The lowest BCUT2D eigenvalue weighted by Gasteiger charge is -2.29. The lowest BCUT2D eigenvalue weighted by molar-refractivity contribution is 0.0701. The maximum atomic E-state index is 11.4. The van der Waals surface area contributed by atoms with Crippen molar-refractivity contribution < 1.29 is 22.9 Å². The number of hydrogen-bond donors (Lipinski definition) is 3. The Labute approximate surface area is 139 Å². The van der Waals surface area contributed by atoms with E-state index in [1.54, 1.807) is 0 Å². The molecule has 0 saturated heterocycles. The van der Waals surface area contributed by atoms with Crippen LogP contribution >= 0.6 is 0 Å². The second-order valence-electron chi connectivity index (χ2n) is 4.70. The van der Waals surface area contributed by atoms with Crippen molar-refractivity contribution in [1.82, 2.24) is 10.2 Å². The molecule has 0 aromatic heterocycles. The fraction of sp³-hybridized carbons (Fsp3) is 0.846. The van der Waals surface area contributed by atoms with E-state index in [0.29, 0.717) is 45.4 Å². The fourth-order valence-corrected chi connectivity index (χ4v) is 4.73. The van der Waals surface area contributed by atoms with Crippen LogP contribution in [0.3, 0.4) is 0 Å². The minimum absolute atomic E-state index is 0.253. The third-order valence-electron chi connectivity index (χ3n) is 3.00. The summed E-state index contributed by atoms with van der Waals surface area (Å²) in [4.78, 5) is 23.5. The molecule has 0 aliphatic heterocycles. The van der Waals surface area contributed by atoms with E-state index in [1.807, 2.05) is 20.8 Å². The summed E-state index contributed by atoms with van der Waals surface area (Å²) in [6, 6.07) is -0.590. The minimum Gasteiger partial charge on any atom is -0.374 e. The van der Waals surface area contributed by atoms with Crippen LogP contribution in [0.2, 0.25) is 6.04 Å². The van der Waals surface area contributed by atoms with Gasteiger partial charge in [-0.1, -0.05) is 0 Å². The highest BCUT2D eigenvalue weighted by molar-refractivity contribution is 6.60. The Morgan fingerprint density at radius 1 is 1.00 bits per heavy atom. The molecule has 0 unspecified atom stereocenters. The maximum Gasteiger partial charge on any atom is 0.500 e. The number of carbonyl (C=O) groups excluding carboxylic acids is 2. The van der Waals surface area contributed by atoms with Gasteiger partial charge in [-0.15, -0.1) is 0 Å².